The summed E-state index contributed by atoms with van der Waals surface area (Å²) in [5.41, 5.74) is 2.08. The number of anilines is 1. The Morgan fingerprint density at radius 2 is 1.60 bits per heavy atom. The first-order chi connectivity index (χ1) is 19.0. The molecule has 10 heteroatoms. The number of benzene rings is 3. The van der Waals surface area contributed by atoms with Crippen LogP contribution in [0.5, 0.6) is 5.75 Å². The lowest BCUT2D eigenvalue weighted by atomic mass is 10.1. The Balaban J connectivity index is 2.03. The van der Waals surface area contributed by atoms with Crippen molar-refractivity contribution in [2.75, 3.05) is 18.0 Å². The molecule has 0 radical (unpaired) electrons. The molecule has 0 heterocycles. The molecule has 0 aliphatic carbocycles. The highest BCUT2D eigenvalue weighted by Crippen LogP contribution is 2.27. The summed E-state index contributed by atoms with van der Waals surface area (Å²) in [4.78, 5) is 28.5. The Bertz CT molecular complexity index is 1410. The van der Waals surface area contributed by atoms with Gasteiger partial charge >= 0.3 is 0 Å². The summed E-state index contributed by atoms with van der Waals surface area (Å²) in [6.45, 7) is 7.04. The minimum atomic E-state index is -4.18. The van der Waals surface area contributed by atoms with Crippen molar-refractivity contribution in [3.05, 3.63) is 88.9 Å². The summed E-state index contributed by atoms with van der Waals surface area (Å²) >= 11 is 6.07. The highest BCUT2D eigenvalue weighted by Gasteiger charge is 2.33. The van der Waals surface area contributed by atoms with Crippen LogP contribution in [0.1, 0.15) is 38.3 Å². The minimum absolute atomic E-state index is 0.0101. The van der Waals surface area contributed by atoms with E-state index in [1.54, 1.807) is 43.3 Å². The standard InChI is InChI=1S/C30H36ClN3O5S/c1-6-22(3)32-30(36)23(4)33(19-24-10-8-7-9-21(24)2)29(35)20-34(26-13-11-25(31)12-14-26)40(37,38)28-17-15-27(39-5)16-18-28/h7-18,22-23H,6,19-20H2,1-5H3,(H,32,36)/t22-,23-/m1/s1. The molecule has 0 bridgehead atoms. The fourth-order valence-corrected chi connectivity index (χ4v) is 5.57. The predicted molar refractivity (Wildman–Crippen MR) is 158 cm³/mol. The molecule has 3 rings (SSSR count). The van der Waals surface area contributed by atoms with Gasteiger partial charge in [-0.1, -0.05) is 42.8 Å². The zero-order valence-electron chi connectivity index (χ0n) is 23.4. The number of ether oxygens (including phenoxy) is 1. The van der Waals surface area contributed by atoms with Crippen LogP contribution in [0.15, 0.2) is 77.7 Å². The second kappa shape index (κ2) is 13.7. The van der Waals surface area contributed by atoms with E-state index in [0.717, 1.165) is 21.9 Å². The topological polar surface area (TPSA) is 96.0 Å². The second-order valence-electron chi connectivity index (χ2n) is 9.61. The number of hydrogen-bond donors (Lipinski definition) is 1. The van der Waals surface area contributed by atoms with Crippen LogP contribution in [0, 0.1) is 6.92 Å². The molecule has 0 aliphatic heterocycles. The Morgan fingerprint density at radius 3 is 2.17 bits per heavy atom. The van der Waals surface area contributed by atoms with Crippen LogP contribution in [0.3, 0.4) is 0 Å². The third-order valence-corrected chi connectivity index (χ3v) is 8.85. The van der Waals surface area contributed by atoms with Crippen molar-refractivity contribution in [3.8, 4) is 5.75 Å². The molecule has 2 atom stereocenters. The molecule has 1 N–H and O–H groups in total. The average Bonchev–Trinajstić information content (AvgIpc) is 2.95. The first-order valence-electron chi connectivity index (χ1n) is 13.0. The number of aryl methyl sites for hydroxylation is 1. The van der Waals surface area contributed by atoms with Crippen LogP contribution >= 0.6 is 11.6 Å². The summed E-state index contributed by atoms with van der Waals surface area (Å²) in [5.74, 6) is -0.340. The number of halogens is 1. The van der Waals surface area contributed by atoms with Gasteiger partial charge < -0.3 is 15.0 Å². The molecule has 0 fully saturated rings. The third kappa shape index (κ3) is 7.55. The fourth-order valence-electron chi connectivity index (χ4n) is 4.03. The number of methoxy groups -OCH3 is 1. The Morgan fingerprint density at radius 1 is 0.975 bits per heavy atom. The summed E-state index contributed by atoms with van der Waals surface area (Å²) in [6.07, 6.45) is 0.731. The number of sulfonamides is 1. The van der Waals surface area contributed by atoms with Gasteiger partial charge in [0.1, 0.15) is 18.3 Å². The highest BCUT2D eigenvalue weighted by atomic mass is 35.5. The van der Waals surface area contributed by atoms with Gasteiger partial charge in [0.2, 0.25) is 11.8 Å². The second-order valence-corrected chi connectivity index (χ2v) is 11.9. The van der Waals surface area contributed by atoms with Crippen molar-refractivity contribution in [1.82, 2.24) is 10.2 Å². The molecule has 3 aromatic carbocycles. The maximum atomic E-state index is 14.0. The molecule has 0 spiro atoms. The molecule has 0 aromatic heterocycles. The van der Waals surface area contributed by atoms with Gasteiger partial charge in [-0.15, -0.1) is 0 Å². The number of rotatable bonds is 12. The lowest BCUT2D eigenvalue weighted by Gasteiger charge is -2.32. The van der Waals surface area contributed by atoms with E-state index in [2.05, 4.69) is 5.32 Å². The average molecular weight is 586 g/mol. The zero-order chi connectivity index (χ0) is 29.4. The summed E-state index contributed by atoms with van der Waals surface area (Å²) in [5, 5.41) is 3.36. The molecule has 3 aromatic rings. The number of nitrogens with one attached hydrogen (secondary N) is 1. The number of carbonyl (C=O) groups excluding carboxylic acids is 2. The Hall–Kier alpha value is -3.56. The number of carbonyl (C=O) groups is 2. The maximum absolute atomic E-state index is 14.0. The monoisotopic (exact) mass is 585 g/mol. The molecule has 0 aliphatic rings. The third-order valence-electron chi connectivity index (χ3n) is 6.81. The van der Waals surface area contributed by atoms with Gasteiger partial charge in [-0.25, -0.2) is 8.42 Å². The van der Waals surface area contributed by atoms with Crippen molar-refractivity contribution in [3.63, 3.8) is 0 Å². The zero-order valence-corrected chi connectivity index (χ0v) is 25.0. The number of hydrogen-bond acceptors (Lipinski definition) is 5. The lowest BCUT2D eigenvalue weighted by Crippen LogP contribution is -2.52. The van der Waals surface area contributed by atoms with E-state index in [1.165, 1.54) is 24.1 Å². The van der Waals surface area contributed by atoms with E-state index in [9.17, 15) is 18.0 Å². The Kier molecular flexibility index (Phi) is 10.6. The largest absolute Gasteiger partial charge is 0.497 e. The summed E-state index contributed by atoms with van der Waals surface area (Å²) in [7, 11) is -2.69. The predicted octanol–water partition coefficient (Wildman–Crippen LogP) is 5.18. The quantitative estimate of drug-likeness (QED) is 0.316. The van der Waals surface area contributed by atoms with Crippen LogP contribution in [-0.4, -0.2) is 50.9 Å². The highest BCUT2D eigenvalue weighted by molar-refractivity contribution is 7.92. The lowest BCUT2D eigenvalue weighted by molar-refractivity contribution is -0.139. The van der Waals surface area contributed by atoms with Crippen molar-refractivity contribution in [2.24, 2.45) is 0 Å². The van der Waals surface area contributed by atoms with Crippen molar-refractivity contribution >= 4 is 39.1 Å². The van der Waals surface area contributed by atoms with Gasteiger partial charge in [0.25, 0.3) is 10.0 Å². The molecular formula is C30H36ClN3O5S. The molecular weight excluding hydrogens is 550 g/mol. The van der Waals surface area contributed by atoms with E-state index in [0.29, 0.717) is 10.8 Å². The normalized spacial score (nSPS) is 12.8. The molecule has 2 amide bonds. The van der Waals surface area contributed by atoms with Gasteiger partial charge in [-0.2, -0.15) is 0 Å². The van der Waals surface area contributed by atoms with Crippen molar-refractivity contribution in [1.29, 1.82) is 0 Å². The van der Waals surface area contributed by atoms with Crippen molar-refractivity contribution < 1.29 is 22.7 Å². The first-order valence-corrected chi connectivity index (χ1v) is 14.9. The van der Waals surface area contributed by atoms with Crippen LogP contribution in [0.4, 0.5) is 5.69 Å². The molecule has 0 unspecified atom stereocenters. The van der Waals surface area contributed by atoms with Gasteiger partial charge in [-0.3, -0.25) is 13.9 Å². The molecule has 8 nitrogen and oxygen atoms in total. The van der Waals surface area contributed by atoms with E-state index < -0.39 is 28.5 Å². The van der Waals surface area contributed by atoms with Crippen LogP contribution in [0.25, 0.3) is 0 Å². The minimum Gasteiger partial charge on any atom is -0.497 e. The van der Waals surface area contributed by atoms with Crippen LogP contribution in [-0.2, 0) is 26.2 Å². The summed E-state index contributed by atoms with van der Waals surface area (Å²) < 4.78 is 34.0. The number of amides is 2. The van der Waals surface area contributed by atoms with Crippen molar-refractivity contribution in [2.45, 2.75) is 57.6 Å². The fraction of sp³-hybridized carbons (Fsp3) is 0.333. The summed E-state index contributed by atoms with van der Waals surface area (Å²) in [6, 6.07) is 18.8. The SMILES string of the molecule is CC[C@@H](C)NC(=O)[C@@H](C)N(Cc1ccccc1C)C(=O)CN(c1ccc(Cl)cc1)S(=O)(=O)c1ccc(OC)cc1. The van der Waals surface area contributed by atoms with E-state index in [4.69, 9.17) is 16.3 Å². The van der Waals surface area contributed by atoms with E-state index in [-0.39, 0.29) is 29.1 Å². The number of nitrogens with zero attached hydrogens (tertiary/aromatic N) is 2. The van der Waals surface area contributed by atoms with E-state index in [1.807, 2.05) is 45.0 Å². The van der Waals surface area contributed by atoms with Gasteiger partial charge in [0.05, 0.1) is 17.7 Å². The van der Waals surface area contributed by atoms with Gasteiger partial charge in [-0.05, 0) is 86.8 Å². The van der Waals surface area contributed by atoms with Gasteiger partial charge in [0.15, 0.2) is 0 Å². The molecule has 0 saturated heterocycles. The first kappa shape index (κ1) is 31.0. The van der Waals surface area contributed by atoms with Crippen LogP contribution in [0.2, 0.25) is 5.02 Å². The maximum Gasteiger partial charge on any atom is 0.264 e. The molecule has 40 heavy (non-hydrogen) atoms. The molecule has 214 valence electrons. The van der Waals surface area contributed by atoms with Crippen LogP contribution < -0.4 is 14.4 Å². The van der Waals surface area contributed by atoms with Gasteiger partial charge in [0, 0.05) is 17.6 Å². The van der Waals surface area contributed by atoms with E-state index >= 15 is 0 Å². The smallest absolute Gasteiger partial charge is 0.264 e. The Labute approximate surface area is 241 Å². The molecule has 0 saturated carbocycles.